The van der Waals surface area contributed by atoms with Gasteiger partial charge in [-0.15, -0.1) is 0 Å². The van der Waals surface area contributed by atoms with E-state index in [0.717, 1.165) is 4.57 Å². The molecule has 160 valence electrons. The van der Waals surface area contributed by atoms with E-state index in [9.17, 15) is 14.4 Å². The van der Waals surface area contributed by atoms with Crippen LogP contribution in [-0.4, -0.2) is 38.3 Å². The van der Waals surface area contributed by atoms with Gasteiger partial charge >= 0.3 is 5.69 Å². The van der Waals surface area contributed by atoms with Gasteiger partial charge in [-0.3, -0.25) is 14.2 Å². The minimum atomic E-state index is -0.570. The molecule has 0 aliphatic rings. The molecule has 0 radical (unpaired) electrons. The van der Waals surface area contributed by atoms with Crippen molar-refractivity contribution in [2.75, 3.05) is 19.0 Å². The van der Waals surface area contributed by atoms with Crippen molar-refractivity contribution in [3.05, 3.63) is 56.5 Å². The number of benzene rings is 1. The second-order valence-corrected chi connectivity index (χ2v) is 7.78. The average molecular weight is 434 g/mol. The number of rotatable bonds is 8. The first kappa shape index (κ1) is 21.8. The molecule has 3 aromatic rings. The Labute approximate surface area is 177 Å². The van der Waals surface area contributed by atoms with Crippen LogP contribution in [0.3, 0.4) is 0 Å². The number of halogens is 1. The Balaban J connectivity index is 2.05. The molecule has 0 saturated carbocycles. The summed E-state index contributed by atoms with van der Waals surface area (Å²) < 4.78 is 9.12. The van der Waals surface area contributed by atoms with E-state index < -0.39 is 23.7 Å². The van der Waals surface area contributed by atoms with Gasteiger partial charge in [-0.1, -0.05) is 31.5 Å². The first-order chi connectivity index (χ1) is 14.3. The number of hydrogen-bond donors (Lipinski definition) is 1. The van der Waals surface area contributed by atoms with Gasteiger partial charge in [0.05, 0.1) is 12.9 Å². The summed E-state index contributed by atoms with van der Waals surface area (Å²) in [5, 5.41) is 3.13. The van der Waals surface area contributed by atoms with Crippen LogP contribution in [-0.2, 0) is 29.2 Å². The standard InChI is InChI=1S/C20H24ClN5O4/c1-13(2)10-25-18-17(24(12-22-18)7-8-30-3)19(28)26(20(25)29)11-16(27)23-15-6-4-5-14(21)9-15/h4-6,9,12-13H,7-8,10-11H2,1-3H3,(H,23,27). The highest BCUT2D eigenvalue weighted by atomic mass is 35.5. The van der Waals surface area contributed by atoms with E-state index in [0.29, 0.717) is 36.1 Å². The molecule has 0 spiro atoms. The number of aromatic nitrogens is 4. The first-order valence-corrected chi connectivity index (χ1v) is 9.92. The minimum Gasteiger partial charge on any atom is -0.383 e. The van der Waals surface area contributed by atoms with Gasteiger partial charge < -0.3 is 14.6 Å². The Bertz CT molecular complexity index is 1180. The van der Waals surface area contributed by atoms with Crippen molar-refractivity contribution in [1.82, 2.24) is 18.7 Å². The smallest absolute Gasteiger partial charge is 0.333 e. The number of amides is 1. The molecule has 0 saturated heterocycles. The van der Waals surface area contributed by atoms with Crippen LogP contribution in [0.4, 0.5) is 5.69 Å². The van der Waals surface area contributed by atoms with E-state index in [1.807, 2.05) is 13.8 Å². The van der Waals surface area contributed by atoms with Crippen LogP contribution >= 0.6 is 11.6 Å². The summed E-state index contributed by atoms with van der Waals surface area (Å²) in [5.41, 5.74) is -0.0808. The molecule has 0 atom stereocenters. The second-order valence-electron chi connectivity index (χ2n) is 7.34. The zero-order valence-corrected chi connectivity index (χ0v) is 17.8. The van der Waals surface area contributed by atoms with Crippen molar-refractivity contribution < 1.29 is 9.53 Å². The number of nitrogens with one attached hydrogen (secondary N) is 1. The molecule has 2 aromatic heterocycles. The number of imidazole rings is 1. The lowest BCUT2D eigenvalue weighted by atomic mass is 10.2. The maximum absolute atomic E-state index is 13.1. The average Bonchev–Trinajstić information content (AvgIpc) is 3.10. The summed E-state index contributed by atoms with van der Waals surface area (Å²) in [4.78, 5) is 43.0. The Morgan fingerprint density at radius 3 is 2.70 bits per heavy atom. The zero-order chi connectivity index (χ0) is 21.8. The summed E-state index contributed by atoms with van der Waals surface area (Å²) in [5.74, 6) is -0.365. The number of ether oxygens (including phenoxy) is 1. The number of carbonyl (C=O) groups is 1. The predicted molar refractivity (Wildman–Crippen MR) is 115 cm³/mol. The number of carbonyl (C=O) groups excluding carboxylic acids is 1. The fourth-order valence-electron chi connectivity index (χ4n) is 3.18. The van der Waals surface area contributed by atoms with Gasteiger partial charge in [0.1, 0.15) is 6.54 Å². The highest BCUT2D eigenvalue weighted by molar-refractivity contribution is 6.30. The largest absolute Gasteiger partial charge is 0.383 e. The normalized spacial score (nSPS) is 11.4. The molecule has 1 N–H and O–H groups in total. The summed E-state index contributed by atoms with van der Waals surface area (Å²) in [6.45, 7) is 4.64. The summed E-state index contributed by atoms with van der Waals surface area (Å²) >= 11 is 5.94. The molecule has 0 bridgehead atoms. The van der Waals surface area contributed by atoms with Crippen LogP contribution in [0.25, 0.3) is 11.2 Å². The number of fused-ring (bicyclic) bond motifs is 1. The Morgan fingerprint density at radius 1 is 1.27 bits per heavy atom. The fourth-order valence-corrected chi connectivity index (χ4v) is 3.37. The molecule has 0 aliphatic heterocycles. The van der Waals surface area contributed by atoms with Crippen molar-refractivity contribution >= 4 is 34.4 Å². The lowest BCUT2D eigenvalue weighted by molar-refractivity contribution is -0.116. The number of hydrogen-bond acceptors (Lipinski definition) is 5. The molecule has 10 heteroatoms. The molecule has 9 nitrogen and oxygen atoms in total. The molecular weight excluding hydrogens is 410 g/mol. The monoisotopic (exact) mass is 433 g/mol. The Morgan fingerprint density at radius 2 is 2.03 bits per heavy atom. The maximum Gasteiger partial charge on any atom is 0.333 e. The van der Waals surface area contributed by atoms with Gasteiger partial charge in [0.25, 0.3) is 5.56 Å². The van der Waals surface area contributed by atoms with E-state index in [2.05, 4.69) is 10.3 Å². The van der Waals surface area contributed by atoms with Crippen LogP contribution in [0.15, 0.2) is 40.2 Å². The van der Waals surface area contributed by atoms with Crippen LogP contribution < -0.4 is 16.6 Å². The van der Waals surface area contributed by atoms with Crippen molar-refractivity contribution in [3.8, 4) is 0 Å². The SMILES string of the molecule is COCCn1cnc2c1c(=O)n(CC(=O)Nc1cccc(Cl)c1)c(=O)n2CC(C)C. The second kappa shape index (κ2) is 9.27. The molecule has 30 heavy (non-hydrogen) atoms. The summed E-state index contributed by atoms with van der Waals surface area (Å²) in [7, 11) is 1.56. The zero-order valence-electron chi connectivity index (χ0n) is 17.1. The summed E-state index contributed by atoms with van der Waals surface area (Å²) in [6.07, 6.45) is 1.51. The van der Waals surface area contributed by atoms with Gasteiger partial charge in [-0.2, -0.15) is 0 Å². The molecule has 3 rings (SSSR count). The third-order valence-corrected chi connectivity index (χ3v) is 4.71. The first-order valence-electron chi connectivity index (χ1n) is 9.54. The van der Waals surface area contributed by atoms with Gasteiger partial charge in [0.2, 0.25) is 5.91 Å². The third-order valence-electron chi connectivity index (χ3n) is 4.48. The minimum absolute atomic E-state index is 0.140. The molecule has 1 aromatic carbocycles. The molecule has 0 aliphatic carbocycles. The molecular formula is C20H24ClN5O4. The lowest BCUT2D eigenvalue weighted by Crippen LogP contribution is -2.43. The highest BCUT2D eigenvalue weighted by Crippen LogP contribution is 2.15. The molecule has 0 unspecified atom stereocenters. The molecule has 0 fully saturated rings. The third kappa shape index (κ3) is 4.63. The van der Waals surface area contributed by atoms with Crippen LogP contribution in [0.2, 0.25) is 5.02 Å². The van der Waals surface area contributed by atoms with E-state index in [4.69, 9.17) is 16.3 Å². The lowest BCUT2D eigenvalue weighted by Gasteiger charge is -2.14. The number of anilines is 1. The number of methoxy groups -OCH3 is 1. The Kier molecular flexibility index (Phi) is 6.73. The van der Waals surface area contributed by atoms with E-state index in [1.165, 1.54) is 10.9 Å². The van der Waals surface area contributed by atoms with Crippen molar-refractivity contribution in [2.45, 2.75) is 33.5 Å². The predicted octanol–water partition coefficient (Wildman–Crippen LogP) is 1.95. The van der Waals surface area contributed by atoms with Crippen LogP contribution in [0.1, 0.15) is 13.8 Å². The van der Waals surface area contributed by atoms with E-state index >= 15 is 0 Å². The Hall–Kier alpha value is -2.91. The topological polar surface area (TPSA) is 100 Å². The van der Waals surface area contributed by atoms with Gasteiger partial charge in [0, 0.05) is 30.9 Å². The van der Waals surface area contributed by atoms with Crippen LogP contribution in [0.5, 0.6) is 0 Å². The quantitative estimate of drug-likeness (QED) is 0.585. The summed E-state index contributed by atoms with van der Waals surface area (Å²) in [6, 6.07) is 6.64. The van der Waals surface area contributed by atoms with E-state index in [-0.39, 0.29) is 11.4 Å². The highest BCUT2D eigenvalue weighted by Gasteiger charge is 2.20. The van der Waals surface area contributed by atoms with Crippen molar-refractivity contribution in [3.63, 3.8) is 0 Å². The van der Waals surface area contributed by atoms with Crippen molar-refractivity contribution in [2.24, 2.45) is 5.92 Å². The van der Waals surface area contributed by atoms with Gasteiger partial charge in [0.15, 0.2) is 11.2 Å². The van der Waals surface area contributed by atoms with Crippen LogP contribution in [0, 0.1) is 5.92 Å². The van der Waals surface area contributed by atoms with E-state index in [1.54, 1.807) is 35.9 Å². The molecule has 1 amide bonds. The van der Waals surface area contributed by atoms with Gasteiger partial charge in [-0.05, 0) is 24.1 Å². The van der Waals surface area contributed by atoms with Crippen molar-refractivity contribution in [1.29, 1.82) is 0 Å². The molecule has 2 heterocycles. The fraction of sp³-hybridized carbons (Fsp3) is 0.400. The van der Waals surface area contributed by atoms with Gasteiger partial charge in [-0.25, -0.2) is 14.3 Å². The number of nitrogens with zero attached hydrogens (tertiary/aromatic N) is 4. The maximum atomic E-state index is 13.1.